The highest BCUT2D eigenvalue weighted by Crippen LogP contribution is 2.25. The van der Waals surface area contributed by atoms with Gasteiger partial charge in [-0.25, -0.2) is 17.8 Å². The van der Waals surface area contributed by atoms with Crippen molar-refractivity contribution in [3.8, 4) is 11.3 Å². The second-order valence-electron chi connectivity index (χ2n) is 8.12. The van der Waals surface area contributed by atoms with Crippen molar-refractivity contribution in [1.29, 1.82) is 0 Å². The van der Waals surface area contributed by atoms with Crippen LogP contribution in [0, 0.1) is 5.92 Å². The summed E-state index contributed by atoms with van der Waals surface area (Å²) in [5.74, 6) is -1.30. The number of furan rings is 1. The molecule has 3 amide bonds. The van der Waals surface area contributed by atoms with Crippen LogP contribution in [0.1, 0.15) is 43.2 Å². The van der Waals surface area contributed by atoms with Gasteiger partial charge in [0.05, 0.1) is 24.0 Å². The summed E-state index contributed by atoms with van der Waals surface area (Å²) in [5.41, 5.74) is 0.485. The van der Waals surface area contributed by atoms with Gasteiger partial charge in [-0.15, -0.1) is 0 Å². The van der Waals surface area contributed by atoms with Crippen molar-refractivity contribution in [3.63, 3.8) is 0 Å². The average Bonchev–Trinajstić information content (AvgIpc) is 3.33. The second-order valence-corrected chi connectivity index (χ2v) is 10.3. The summed E-state index contributed by atoms with van der Waals surface area (Å²) >= 11 is 0. The third-order valence-corrected chi connectivity index (χ3v) is 7.11. The van der Waals surface area contributed by atoms with E-state index in [0.29, 0.717) is 22.8 Å². The predicted octanol–water partition coefficient (Wildman–Crippen LogP) is 2.04. The number of unbranched alkanes of at least 4 members (excludes halogenated alkanes) is 2. The van der Waals surface area contributed by atoms with E-state index in [1.807, 2.05) is 6.92 Å². The van der Waals surface area contributed by atoms with E-state index in [-0.39, 0.29) is 30.3 Å². The van der Waals surface area contributed by atoms with Crippen molar-refractivity contribution in [2.45, 2.75) is 37.5 Å². The fourth-order valence-electron chi connectivity index (χ4n) is 3.29. The zero-order chi connectivity index (χ0) is 26.0. The molecule has 0 aliphatic heterocycles. The van der Waals surface area contributed by atoms with Gasteiger partial charge >= 0.3 is 0 Å². The Bertz CT molecular complexity index is 1110. The van der Waals surface area contributed by atoms with Crippen molar-refractivity contribution >= 4 is 28.2 Å². The van der Waals surface area contributed by atoms with Gasteiger partial charge in [0.2, 0.25) is 22.3 Å². The van der Waals surface area contributed by atoms with Crippen molar-refractivity contribution in [2.75, 3.05) is 27.3 Å². The summed E-state index contributed by atoms with van der Waals surface area (Å²) in [6.45, 7) is 1.70. The van der Waals surface area contributed by atoms with Crippen molar-refractivity contribution in [1.82, 2.24) is 20.0 Å². The van der Waals surface area contributed by atoms with Gasteiger partial charge in [-0.1, -0.05) is 38.3 Å². The Morgan fingerprint density at radius 1 is 1.14 bits per heavy atom. The first-order valence-corrected chi connectivity index (χ1v) is 12.6. The highest BCUT2D eigenvalue weighted by molar-refractivity contribution is 7.89. The van der Waals surface area contributed by atoms with Crippen LogP contribution in [-0.2, 0) is 19.6 Å². The molecule has 0 radical (unpaired) electrons. The molecule has 0 spiro atoms. The van der Waals surface area contributed by atoms with Crippen molar-refractivity contribution in [3.05, 3.63) is 42.2 Å². The Labute approximate surface area is 205 Å². The first-order valence-electron chi connectivity index (χ1n) is 11.2. The molecule has 11 nitrogen and oxygen atoms in total. The number of hydroxylamine groups is 2. The maximum atomic E-state index is 12.5. The van der Waals surface area contributed by atoms with Crippen LogP contribution in [0.5, 0.6) is 0 Å². The molecule has 0 aliphatic rings. The van der Waals surface area contributed by atoms with E-state index in [2.05, 4.69) is 10.6 Å². The number of nitrogens with one attached hydrogen (secondary N) is 2. The molecule has 0 fully saturated rings. The number of carbonyl (C=O) groups is 3. The standard InChI is InChI=1S/C23H32N4O7S/c1-4-5-6-8-18(14-27(31)16-28)22(29)24-15-25-23(30)21-12-11-20(34-21)17-9-7-10-19(13-17)35(32,33)26(2)3/h7,9-13,16,18,31H,4-6,8,14-15H2,1-3H3,(H,24,29)(H,25,30). The average molecular weight is 509 g/mol. The zero-order valence-electron chi connectivity index (χ0n) is 20.1. The molecule has 2 aromatic rings. The van der Waals surface area contributed by atoms with Gasteiger partial charge in [0.15, 0.2) is 5.76 Å². The van der Waals surface area contributed by atoms with E-state index in [9.17, 15) is 28.0 Å². The number of hydrogen-bond donors (Lipinski definition) is 3. The molecule has 0 aliphatic carbocycles. The number of carbonyl (C=O) groups excluding carboxylic acids is 3. The van der Waals surface area contributed by atoms with Crippen LogP contribution in [0.25, 0.3) is 11.3 Å². The van der Waals surface area contributed by atoms with Crippen LogP contribution < -0.4 is 10.6 Å². The van der Waals surface area contributed by atoms with Gasteiger partial charge in [0, 0.05) is 19.7 Å². The minimum Gasteiger partial charge on any atom is -0.451 e. The predicted molar refractivity (Wildman–Crippen MR) is 128 cm³/mol. The number of benzene rings is 1. The van der Waals surface area contributed by atoms with Crippen LogP contribution in [-0.4, -0.2) is 68.5 Å². The Kier molecular flexibility index (Phi) is 10.4. The molecule has 1 unspecified atom stereocenters. The highest BCUT2D eigenvalue weighted by Gasteiger charge is 2.21. The maximum absolute atomic E-state index is 12.5. The summed E-state index contributed by atoms with van der Waals surface area (Å²) < 4.78 is 31.4. The molecule has 1 heterocycles. The molecular formula is C23H32N4O7S. The summed E-state index contributed by atoms with van der Waals surface area (Å²) in [7, 11) is -0.755. The summed E-state index contributed by atoms with van der Waals surface area (Å²) in [5, 5.41) is 15.0. The molecule has 2 rings (SSSR count). The van der Waals surface area contributed by atoms with Crippen molar-refractivity contribution < 1.29 is 32.4 Å². The van der Waals surface area contributed by atoms with E-state index in [1.165, 1.54) is 32.3 Å². The largest absolute Gasteiger partial charge is 0.451 e. The van der Waals surface area contributed by atoms with Gasteiger partial charge < -0.3 is 15.1 Å². The SMILES string of the molecule is CCCCCC(CN(O)C=O)C(=O)NCNC(=O)c1ccc(-c2cccc(S(=O)(=O)N(C)C)c2)o1. The van der Waals surface area contributed by atoms with E-state index >= 15 is 0 Å². The monoisotopic (exact) mass is 508 g/mol. The van der Waals surface area contributed by atoms with Gasteiger partial charge in [0.1, 0.15) is 5.76 Å². The van der Waals surface area contributed by atoms with E-state index in [4.69, 9.17) is 4.42 Å². The Morgan fingerprint density at radius 3 is 2.54 bits per heavy atom. The molecule has 1 aromatic carbocycles. The lowest BCUT2D eigenvalue weighted by Crippen LogP contribution is -2.42. The van der Waals surface area contributed by atoms with Crippen LogP contribution in [0.15, 0.2) is 45.7 Å². The summed E-state index contributed by atoms with van der Waals surface area (Å²) in [4.78, 5) is 35.7. The number of hydrogen-bond acceptors (Lipinski definition) is 7. The topological polar surface area (TPSA) is 149 Å². The molecular weight excluding hydrogens is 476 g/mol. The number of sulfonamides is 1. The number of rotatable bonds is 14. The quantitative estimate of drug-likeness (QED) is 0.116. The van der Waals surface area contributed by atoms with Crippen molar-refractivity contribution in [2.24, 2.45) is 5.92 Å². The van der Waals surface area contributed by atoms with E-state index in [0.717, 1.165) is 23.6 Å². The minimum atomic E-state index is -3.63. The molecule has 3 N–H and O–H groups in total. The second kappa shape index (κ2) is 13.0. The van der Waals surface area contributed by atoms with E-state index < -0.39 is 27.8 Å². The number of amides is 3. The van der Waals surface area contributed by atoms with Crippen LogP contribution >= 0.6 is 0 Å². The molecule has 1 aromatic heterocycles. The lowest BCUT2D eigenvalue weighted by Gasteiger charge is -2.19. The lowest BCUT2D eigenvalue weighted by molar-refractivity contribution is -0.154. The molecule has 0 saturated carbocycles. The first kappa shape index (κ1) is 28.0. The molecule has 0 bridgehead atoms. The molecule has 35 heavy (non-hydrogen) atoms. The molecule has 192 valence electrons. The van der Waals surface area contributed by atoms with Gasteiger partial charge in [0.25, 0.3) is 5.91 Å². The summed E-state index contributed by atoms with van der Waals surface area (Å²) in [6, 6.07) is 9.17. The Hall–Kier alpha value is -3.22. The third kappa shape index (κ3) is 7.91. The molecule has 1 atom stereocenters. The van der Waals surface area contributed by atoms with Crippen LogP contribution in [0.2, 0.25) is 0 Å². The Morgan fingerprint density at radius 2 is 1.89 bits per heavy atom. The minimum absolute atomic E-state index is 0.0166. The maximum Gasteiger partial charge on any atom is 0.288 e. The van der Waals surface area contributed by atoms with Gasteiger partial charge in [-0.2, -0.15) is 0 Å². The smallest absolute Gasteiger partial charge is 0.288 e. The van der Waals surface area contributed by atoms with Gasteiger partial charge in [-0.3, -0.25) is 19.6 Å². The van der Waals surface area contributed by atoms with Crippen LogP contribution in [0.3, 0.4) is 0 Å². The highest BCUT2D eigenvalue weighted by atomic mass is 32.2. The lowest BCUT2D eigenvalue weighted by atomic mass is 10.0. The summed E-state index contributed by atoms with van der Waals surface area (Å²) in [6.07, 6.45) is 3.37. The molecule has 12 heteroatoms. The first-order chi connectivity index (χ1) is 16.6. The fraction of sp³-hybridized carbons (Fsp3) is 0.435. The normalized spacial score (nSPS) is 12.3. The van der Waals surface area contributed by atoms with E-state index in [1.54, 1.807) is 18.2 Å². The fourth-order valence-corrected chi connectivity index (χ4v) is 4.24. The van der Waals surface area contributed by atoms with Crippen LogP contribution in [0.4, 0.5) is 0 Å². The number of nitrogens with zero attached hydrogens (tertiary/aromatic N) is 2. The third-order valence-electron chi connectivity index (χ3n) is 5.29. The zero-order valence-corrected chi connectivity index (χ0v) is 20.9. The Balaban J connectivity index is 1.98. The van der Waals surface area contributed by atoms with Gasteiger partial charge in [-0.05, 0) is 30.7 Å². The molecule has 0 saturated heterocycles.